The van der Waals surface area contributed by atoms with E-state index in [-0.39, 0.29) is 10.8 Å². The van der Waals surface area contributed by atoms with Gasteiger partial charge in [-0.15, -0.1) is 0 Å². The third-order valence-electron chi connectivity index (χ3n) is 5.38. The molecular weight excluding hydrogens is 348 g/mol. The summed E-state index contributed by atoms with van der Waals surface area (Å²) in [5, 5.41) is 5.88. The Morgan fingerprint density at radius 3 is 2.11 bits per heavy atom. The second-order valence-electron chi connectivity index (χ2n) is 9.50. The van der Waals surface area contributed by atoms with Gasteiger partial charge in [-0.05, 0) is 57.1 Å². The Kier molecular flexibility index (Phi) is 3.98. The molecule has 0 fully saturated rings. The zero-order chi connectivity index (χ0) is 19.6. The van der Waals surface area contributed by atoms with Gasteiger partial charge in [-0.2, -0.15) is 0 Å². The maximum atomic E-state index is 6.21. The minimum atomic E-state index is -0.0120. The molecule has 0 saturated heterocycles. The van der Waals surface area contributed by atoms with Crippen LogP contribution in [0.25, 0.3) is 32.5 Å². The Bertz CT molecular complexity index is 1250. The summed E-state index contributed by atoms with van der Waals surface area (Å²) < 4.78 is 6.77. The van der Waals surface area contributed by atoms with Crippen LogP contribution in [0, 0.1) is 4.71 Å². The van der Waals surface area contributed by atoms with Crippen molar-refractivity contribution in [2.45, 2.75) is 52.4 Å². The topological polar surface area (TPSA) is 13.1 Å². The summed E-state index contributed by atoms with van der Waals surface area (Å²) >= 11 is 5.65. The number of hydrogen-bond donors (Lipinski definition) is 0. The van der Waals surface area contributed by atoms with E-state index < -0.39 is 0 Å². The average molecular weight is 375 g/mol. The van der Waals surface area contributed by atoms with Gasteiger partial charge in [0.05, 0.1) is 0 Å². The Morgan fingerprint density at radius 2 is 1.44 bits per heavy atom. The quantitative estimate of drug-likeness (QED) is 0.228. The van der Waals surface area contributed by atoms with Gasteiger partial charge in [0, 0.05) is 16.2 Å². The molecule has 0 amide bonds. The minimum Gasteiger partial charge on any atom is -0.445 e. The molecule has 0 aliphatic carbocycles. The van der Waals surface area contributed by atoms with E-state index in [1.165, 1.54) is 32.7 Å². The number of fused-ring (bicyclic) bond motifs is 5. The van der Waals surface area contributed by atoms with Crippen LogP contribution in [0.4, 0.5) is 0 Å². The predicted octanol–water partition coefficient (Wildman–Crippen LogP) is 8.06. The van der Waals surface area contributed by atoms with E-state index in [4.69, 9.17) is 16.6 Å². The zero-order valence-corrected chi connectivity index (χ0v) is 17.8. The lowest BCUT2D eigenvalue weighted by molar-refractivity contribution is 0.559. The Morgan fingerprint density at radius 1 is 0.741 bits per heavy atom. The van der Waals surface area contributed by atoms with Crippen LogP contribution in [0.3, 0.4) is 0 Å². The predicted molar refractivity (Wildman–Crippen MR) is 119 cm³/mol. The van der Waals surface area contributed by atoms with E-state index >= 15 is 0 Å². The molecule has 0 atom stereocenters. The van der Waals surface area contributed by atoms with Crippen molar-refractivity contribution in [2.75, 3.05) is 0 Å². The monoisotopic (exact) mass is 374 g/mol. The Balaban J connectivity index is 2.35. The smallest absolute Gasteiger partial charge is 0.198 e. The largest absolute Gasteiger partial charge is 0.445 e. The molecule has 1 nitrogen and oxygen atoms in total. The summed E-state index contributed by atoms with van der Waals surface area (Å²) in [6.45, 7) is 13.5. The lowest BCUT2D eigenvalue weighted by atomic mass is 9.78. The van der Waals surface area contributed by atoms with Crippen molar-refractivity contribution in [3.63, 3.8) is 0 Å². The van der Waals surface area contributed by atoms with E-state index in [1.54, 1.807) is 0 Å². The van der Waals surface area contributed by atoms with Gasteiger partial charge < -0.3 is 4.42 Å². The summed E-state index contributed by atoms with van der Waals surface area (Å²) in [5.74, 6) is 0. The highest BCUT2D eigenvalue weighted by atomic mass is 32.1. The lowest BCUT2D eigenvalue weighted by Gasteiger charge is -2.27. The molecule has 1 aromatic heterocycles. The standard InChI is InChI=1S/C25H26OS/c1-24(2,3)16-13-19(25(4,5)6)22-20(14-16)26-23(27)18-12-11-15-9-7-8-10-17(15)21(18)22/h7-14H,1-6H3. The van der Waals surface area contributed by atoms with Crippen molar-refractivity contribution in [2.24, 2.45) is 0 Å². The molecule has 0 N–H and O–H groups in total. The highest BCUT2D eigenvalue weighted by Crippen LogP contribution is 2.41. The molecule has 4 rings (SSSR count). The third kappa shape index (κ3) is 2.96. The SMILES string of the molecule is CC(C)(C)c1cc(C(C)(C)C)c2c(c1)oc(=S)c1ccc3ccccc3c12. The van der Waals surface area contributed by atoms with E-state index in [2.05, 4.69) is 90.1 Å². The van der Waals surface area contributed by atoms with Crippen LogP contribution in [0.15, 0.2) is 52.9 Å². The maximum Gasteiger partial charge on any atom is 0.198 e. The van der Waals surface area contributed by atoms with Crippen molar-refractivity contribution in [1.29, 1.82) is 0 Å². The fraction of sp³-hybridized carbons (Fsp3) is 0.320. The normalized spacial score (nSPS) is 13.0. The number of benzene rings is 3. The first-order valence-electron chi connectivity index (χ1n) is 9.51. The van der Waals surface area contributed by atoms with Crippen LogP contribution >= 0.6 is 12.2 Å². The van der Waals surface area contributed by atoms with Gasteiger partial charge in [0.15, 0.2) is 4.71 Å². The van der Waals surface area contributed by atoms with Gasteiger partial charge in [-0.1, -0.05) is 77.9 Å². The molecule has 27 heavy (non-hydrogen) atoms. The van der Waals surface area contributed by atoms with Crippen LogP contribution in [0.5, 0.6) is 0 Å². The zero-order valence-electron chi connectivity index (χ0n) is 16.9. The van der Waals surface area contributed by atoms with Crippen LogP contribution in [0.1, 0.15) is 52.7 Å². The molecule has 138 valence electrons. The molecule has 0 aliphatic heterocycles. The first-order valence-corrected chi connectivity index (χ1v) is 9.91. The summed E-state index contributed by atoms with van der Waals surface area (Å²) in [6.07, 6.45) is 0. The van der Waals surface area contributed by atoms with Crippen LogP contribution < -0.4 is 0 Å². The van der Waals surface area contributed by atoms with Gasteiger partial charge in [-0.3, -0.25) is 0 Å². The van der Waals surface area contributed by atoms with Crippen molar-refractivity contribution in [3.05, 3.63) is 64.4 Å². The van der Waals surface area contributed by atoms with Gasteiger partial charge in [0.25, 0.3) is 0 Å². The Hall–Kier alpha value is -2.19. The summed E-state index contributed by atoms with van der Waals surface area (Å²) in [6, 6.07) is 17.3. The molecule has 0 radical (unpaired) electrons. The highest BCUT2D eigenvalue weighted by Gasteiger charge is 2.25. The van der Waals surface area contributed by atoms with Crippen LogP contribution in [-0.2, 0) is 10.8 Å². The van der Waals surface area contributed by atoms with Gasteiger partial charge in [0.2, 0.25) is 0 Å². The first-order chi connectivity index (χ1) is 12.6. The first kappa shape index (κ1) is 18.2. The number of rotatable bonds is 0. The van der Waals surface area contributed by atoms with E-state index in [0.717, 1.165) is 11.0 Å². The van der Waals surface area contributed by atoms with Crippen molar-refractivity contribution >= 4 is 44.7 Å². The van der Waals surface area contributed by atoms with Crippen molar-refractivity contribution in [3.8, 4) is 0 Å². The number of hydrogen-bond acceptors (Lipinski definition) is 2. The summed E-state index contributed by atoms with van der Waals surface area (Å²) in [7, 11) is 0. The minimum absolute atomic E-state index is 0.0120. The molecule has 4 aromatic rings. The molecule has 1 heterocycles. The van der Waals surface area contributed by atoms with Crippen LogP contribution in [-0.4, -0.2) is 0 Å². The molecule has 2 heteroatoms. The molecule has 0 aliphatic rings. The maximum absolute atomic E-state index is 6.21. The fourth-order valence-corrected chi connectivity index (χ4v) is 4.10. The van der Waals surface area contributed by atoms with Gasteiger partial charge in [-0.25, -0.2) is 0 Å². The summed E-state index contributed by atoms with van der Waals surface area (Å²) in [5.41, 5.74) is 3.50. The second-order valence-corrected chi connectivity index (χ2v) is 9.87. The van der Waals surface area contributed by atoms with Crippen molar-refractivity contribution < 1.29 is 4.42 Å². The lowest BCUT2D eigenvalue weighted by Crippen LogP contribution is -2.17. The molecule has 0 saturated carbocycles. The van der Waals surface area contributed by atoms with Crippen LogP contribution in [0.2, 0.25) is 0 Å². The second kappa shape index (κ2) is 5.90. The van der Waals surface area contributed by atoms with E-state index in [9.17, 15) is 0 Å². The molecule has 3 aromatic carbocycles. The molecule has 0 spiro atoms. The van der Waals surface area contributed by atoms with Gasteiger partial charge in [0.1, 0.15) is 5.58 Å². The fourth-order valence-electron chi connectivity index (χ4n) is 3.84. The van der Waals surface area contributed by atoms with E-state index in [1.807, 2.05) is 0 Å². The Labute approximate surface area is 166 Å². The highest BCUT2D eigenvalue weighted by molar-refractivity contribution is 7.71. The molecular formula is C25H26OS. The average Bonchev–Trinajstić information content (AvgIpc) is 2.58. The van der Waals surface area contributed by atoms with E-state index in [0.29, 0.717) is 4.71 Å². The summed E-state index contributed by atoms with van der Waals surface area (Å²) in [4.78, 5) is 0. The molecule has 0 bridgehead atoms. The molecule has 0 unspecified atom stereocenters. The van der Waals surface area contributed by atoms with Gasteiger partial charge >= 0.3 is 0 Å². The van der Waals surface area contributed by atoms with Crippen molar-refractivity contribution in [1.82, 2.24) is 0 Å². The third-order valence-corrected chi connectivity index (χ3v) is 5.68.